The van der Waals surface area contributed by atoms with E-state index in [2.05, 4.69) is 10.6 Å². The number of hydrogen-bond donors (Lipinski definition) is 2. The number of carbonyl (C=O) groups excluding carboxylic acids is 2. The van der Waals surface area contributed by atoms with Crippen LogP contribution in [0, 0.1) is 0 Å². The number of furan rings is 1. The topological polar surface area (TPSA) is 71.3 Å². The van der Waals surface area contributed by atoms with Crippen LogP contribution in [-0.4, -0.2) is 11.8 Å². The molecule has 0 saturated carbocycles. The van der Waals surface area contributed by atoms with E-state index in [1.54, 1.807) is 0 Å². The van der Waals surface area contributed by atoms with Crippen LogP contribution in [0.3, 0.4) is 0 Å². The number of anilines is 2. The highest BCUT2D eigenvalue weighted by atomic mass is 16.3. The van der Waals surface area contributed by atoms with Crippen molar-refractivity contribution in [1.82, 2.24) is 0 Å². The number of rotatable bonds is 4. The summed E-state index contributed by atoms with van der Waals surface area (Å²) in [6, 6.07) is 15.5. The lowest BCUT2D eigenvalue weighted by Gasteiger charge is -2.24. The molecule has 0 unspecified atom stereocenters. The third kappa shape index (κ3) is 3.08. The number of benzene rings is 2. The average Bonchev–Trinajstić information content (AvgIpc) is 3.05. The Bertz CT molecular complexity index is 957. The van der Waals surface area contributed by atoms with E-state index in [9.17, 15) is 9.59 Å². The Labute approximate surface area is 151 Å². The van der Waals surface area contributed by atoms with Crippen LogP contribution in [0.15, 0.2) is 52.9 Å². The zero-order valence-corrected chi connectivity index (χ0v) is 14.5. The molecule has 0 aliphatic carbocycles. The molecule has 1 aromatic heterocycles. The fraction of sp³-hybridized carbons (Fsp3) is 0.238. The van der Waals surface area contributed by atoms with E-state index >= 15 is 0 Å². The molecule has 0 saturated heterocycles. The molecule has 132 valence electrons. The van der Waals surface area contributed by atoms with Crippen molar-refractivity contribution in [3.05, 3.63) is 59.9 Å². The summed E-state index contributed by atoms with van der Waals surface area (Å²) in [5.41, 5.74) is 3.23. The van der Waals surface area contributed by atoms with Gasteiger partial charge in [0.2, 0.25) is 11.8 Å². The van der Waals surface area contributed by atoms with Crippen LogP contribution in [0.2, 0.25) is 0 Å². The molecule has 0 bridgehead atoms. The van der Waals surface area contributed by atoms with Gasteiger partial charge in [0.25, 0.3) is 0 Å². The summed E-state index contributed by atoms with van der Waals surface area (Å²) < 4.78 is 5.99. The first kappa shape index (κ1) is 16.4. The highest BCUT2D eigenvalue weighted by Gasteiger charge is 2.29. The molecule has 0 spiro atoms. The van der Waals surface area contributed by atoms with Crippen LogP contribution in [0.5, 0.6) is 0 Å². The van der Waals surface area contributed by atoms with Crippen LogP contribution < -0.4 is 10.6 Å². The van der Waals surface area contributed by atoms with Gasteiger partial charge in [-0.2, -0.15) is 0 Å². The Hall–Kier alpha value is -3.08. The van der Waals surface area contributed by atoms with E-state index in [4.69, 9.17) is 4.42 Å². The molecule has 2 N–H and O–H groups in total. The summed E-state index contributed by atoms with van der Waals surface area (Å²) in [4.78, 5) is 24.0. The van der Waals surface area contributed by atoms with Crippen LogP contribution in [-0.2, 0) is 9.59 Å². The van der Waals surface area contributed by atoms with Gasteiger partial charge in [-0.1, -0.05) is 31.2 Å². The number of nitrogens with one attached hydrogen (secondary N) is 2. The predicted octanol–water partition coefficient (Wildman–Crippen LogP) is 4.65. The molecule has 5 nitrogen and oxygen atoms in total. The van der Waals surface area contributed by atoms with Crippen molar-refractivity contribution in [3.63, 3.8) is 0 Å². The normalized spacial score (nSPS) is 16.2. The minimum absolute atomic E-state index is 0.0246. The quantitative estimate of drug-likeness (QED) is 0.721. The fourth-order valence-electron chi connectivity index (χ4n) is 3.42. The summed E-state index contributed by atoms with van der Waals surface area (Å²) in [5.74, 6) is 0.569. The maximum absolute atomic E-state index is 12.2. The molecule has 5 heteroatoms. The largest absolute Gasteiger partial charge is 0.460 e. The zero-order valence-electron chi connectivity index (χ0n) is 14.5. The van der Waals surface area contributed by atoms with Crippen LogP contribution in [0.4, 0.5) is 11.4 Å². The first-order chi connectivity index (χ1) is 12.6. The molecular formula is C21H20N2O3. The highest BCUT2D eigenvalue weighted by Crippen LogP contribution is 2.40. The Morgan fingerprint density at radius 1 is 1.23 bits per heavy atom. The van der Waals surface area contributed by atoms with E-state index < -0.39 is 0 Å². The molecule has 1 atom stereocenters. The van der Waals surface area contributed by atoms with Crippen molar-refractivity contribution in [1.29, 1.82) is 0 Å². The number of amides is 2. The van der Waals surface area contributed by atoms with Crippen molar-refractivity contribution < 1.29 is 14.0 Å². The van der Waals surface area contributed by atoms with Gasteiger partial charge in [0.15, 0.2) is 0 Å². The molecule has 2 aromatic carbocycles. The highest BCUT2D eigenvalue weighted by molar-refractivity contribution is 5.97. The zero-order chi connectivity index (χ0) is 18.1. The molecule has 0 fully saturated rings. The Morgan fingerprint density at radius 3 is 2.88 bits per heavy atom. The third-order valence-corrected chi connectivity index (χ3v) is 4.64. The number of fused-ring (bicyclic) bond motifs is 2. The molecule has 1 aliphatic heterocycles. The van der Waals surface area contributed by atoms with Gasteiger partial charge in [0.1, 0.15) is 11.3 Å². The lowest BCUT2D eigenvalue weighted by atomic mass is 9.88. The Kier molecular flexibility index (Phi) is 4.21. The first-order valence-corrected chi connectivity index (χ1v) is 8.86. The minimum atomic E-state index is -0.133. The van der Waals surface area contributed by atoms with Crippen LogP contribution >= 0.6 is 0 Å². The average molecular weight is 348 g/mol. The summed E-state index contributed by atoms with van der Waals surface area (Å²) in [6.45, 7) is 1.96. The molecule has 2 heterocycles. The van der Waals surface area contributed by atoms with E-state index in [-0.39, 0.29) is 17.7 Å². The maximum Gasteiger partial charge on any atom is 0.225 e. The van der Waals surface area contributed by atoms with Gasteiger partial charge >= 0.3 is 0 Å². The van der Waals surface area contributed by atoms with Gasteiger partial charge in [0, 0.05) is 29.6 Å². The van der Waals surface area contributed by atoms with Crippen LogP contribution in [0.1, 0.15) is 43.4 Å². The molecule has 4 rings (SSSR count). The molecule has 26 heavy (non-hydrogen) atoms. The van der Waals surface area contributed by atoms with Gasteiger partial charge in [-0.05, 0) is 36.2 Å². The van der Waals surface area contributed by atoms with Gasteiger partial charge in [0.05, 0.1) is 5.92 Å². The third-order valence-electron chi connectivity index (χ3n) is 4.64. The monoisotopic (exact) mass is 348 g/mol. The summed E-state index contributed by atoms with van der Waals surface area (Å²) >= 11 is 0. The second kappa shape index (κ2) is 6.67. The summed E-state index contributed by atoms with van der Waals surface area (Å²) in [5, 5.41) is 6.80. The lowest BCUT2D eigenvalue weighted by Crippen LogP contribution is -2.23. The minimum Gasteiger partial charge on any atom is -0.460 e. The van der Waals surface area contributed by atoms with Crippen molar-refractivity contribution >= 4 is 34.2 Å². The molecule has 0 radical (unpaired) electrons. The van der Waals surface area contributed by atoms with E-state index in [0.717, 1.165) is 34.4 Å². The van der Waals surface area contributed by atoms with Gasteiger partial charge in [-0.3, -0.25) is 9.59 Å². The van der Waals surface area contributed by atoms with E-state index in [0.29, 0.717) is 18.5 Å². The Balaban J connectivity index is 1.69. The first-order valence-electron chi connectivity index (χ1n) is 8.86. The smallest absolute Gasteiger partial charge is 0.225 e. The van der Waals surface area contributed by atoms with Crippen molar-refractivity contribution in [2.45, 2.75) is 32.1 Å². The molecule has 3 aromatic rings. The number of para-hydroxylation sites is 1. The number of carbonyl (C=O) groups is 2. The van der Waals surface area contributed by atoms with Crippen molar-refractivity contribution in [3.8, 4) is 0 Å². The van der Waals surface area contributed by atoms with E-state index in [1.165, 1.54) is 0 Å². The lowest BCUT2D eigenvalue weighted by molar-refractivity contribution is -0.117. The van der Waals surface area contributed by atoms with Gasteiger partial charge < -0.3 is 15.1 Å². The van der Waals surface area contributed by atoms with Crippen LogP contribution in [0.25, 0.3) is 11.0 Å². The second-order valence-corrected chi connectivity index (χ2v) is 6.59. The second-order valence-electron chi connectivity index (χ2n) is 6.59. The van der Waals surface area contributed by atoms with Gasteiger partial charge in [-0.15, -0.1) is 0 Å². The van der Waals surface area contributed by atoms with Crippen molar-refractivity contribution in [2.75, 3.05) is 10.6 Å². The predicted molar refractivity (Wildman–Crippen MR) is 101 cm³/mol. The summed E-state index contributed by atoms with van der Waals surface area (Å²) in [7, 11) is 0. The fourth-order valence-corrected chi connectivity index (χ4v) is 3.42. The molecule has 1 aliphatic rings. The van der Waals surface area contributed by atoms with Gasteiger partial charge in [-0.25, -0.2) is 0 Å². The summed E-state index contributed by atoms with van der Waals surface area (Å²) in [6.07, 6.45) is 1.61. The number of hydrogen-bond acceptors (Lipinski definition) is 3. The Morgan fingerprint density at radius 2 is 2.08 bits per heavy atom. The maximum atomic E-state index is 12.2. The van der Waals surface area contributed by atoms with Crippen molar-refractivity contribution in [2.24, 2.45) is 0 Å². The standard InChI is InChI=1S/C21H20N2O3/c1-2-5-20(24)22-14-8-9-15-16(12-21(25)23-17(15)11-14)19-10-13-6-3-4-7-18(13)26-19/h3-4,6-11,16H,2,5,12H2,1H3,(H,22,24)(H,23,25)/t16-/m0/s1. The SMILES string of the molecule is CCCC(=O)Nc1ccc2c(c1)NC(=O)C[C@@H]2c1cc2ccccc2o1. The molecule has 2 amide bonds. The molecular weight excluding hydrogens is 328 g/mol. The van der Waals surface area contributed by atoms with E-state index in [1.807, 2.05) is 55.5 Å².